The third-order valence-electron chi connectivity index (χ3n) is 7.84. The first kappa shape index (κ1) is 18.5. The number of ether oxygens (including phenoxy) is 2. The van der Waals surface area contributed by atoms with Gasteiger partial charge >= 0.3 is 11.9 Å². The Kier molecular flexibility index (Phi) is 4.36. The highest BCUT2D eigenvalue weighted by Crippen LogP contribution is 2.65. The Morgan fingerprint density at radius 2 is 1.78 bits per heavy atom. The van der Waals surface area contributed by atoms with Crippen LogP contribution in [0.3, 0.4) is 0 Å². The van der Waals surface area contributed by atoms with E-state index in [1.807, 2.05) is 6.08 Å². The summed E-state index contributed by atoms with van der Waals surface area (Å²) in [6.45, 7) is 7.62. The molecule has 0 amide bonds. The number of allylic oxidation sites excluding steroid dienone is 5. The van der Waals surface area contributed by atoms with Crippen LogP contribution in [0.25, 0.3) is 0 Å². The van der Waals surface area contributed by atoms with E-state index < -0.39 is 0 Å². The van der Waals surface area contributed by atoms with E-state index in [0.29, 0.717) is 29.4 Å². The van der Waals surface area contributed by atoms with Gasteiger partial charge in [-0.3, -0.25) is 9.59 Å². The summed E-state index contributed by atoms with van der Waals surface area (Å²) in [7, 11) is 0. The number of fused-ring (bicyclic) bond motifs is 5. The lowest BCUT2D eigenvalue weighted by Gasteiger charge is -2.57. The molecular weight excluding hydrogens is 340 g/mol. The van der Waals surface area contributed by atoms with E-state index in [0.717, 1.165) is 31.4 Å². The number of hydrogen-bond acceptors (Lipinski definition) is 4. The summed E-state index contributed by atoms with van der Waals surface area (Å²) in [6, 6.07) is 0. The van der Waals surface area contributed by atoms with Crippen molar-refractivity contribution in [2.24, 2.45) is 34.5 Å². The first-order chi connectivity index (χ1) is 12.7. The molecule has 4 aliphatic rings. The third-order valence-corrected chi connectivity index (χ3v) is 7.84. The molecule has 0 N–H and O–H groups in total. The van der Waals surface area contributed by atoms with Gasteiger partial charge in [-0.25, -0.2) is 0 Å². The minimum atomic E-state index is -0.258. The predicted octanol–water partition coefficient (Wildman–Crippen LogP) is 4.92. The van der Waals surface area contributed by atoms with E-state index in [2.05, 4.69) is 32.1 Å². The molecule has 4 nitrogen and oxygen atoms in total. The zero-order chi connectivity index (χ0) is 19.4. The van der Waals surface area contributed by atoms with Crippen molar-refractivity contribution in [1.82, 2.24) is 0 Å². The highest BCUT2D eigenvalue weighted by molar-refractivity contribution is 5.68. The Hall–Kier alpha value is -1.84. The fourth-order valence-electron chi connectivity index (χ4n) is 6.52. The maximum absolute atomic E-state index is 11.5. The summed E-state index contributed by atoms with van der Waals surface area (Å²) >= 11 is 0. The van der Waals surface area contributed by atoms with Crippen molar-refractivity contribution in [3.8, 4) is 0 Å². The van der Waals surface area contributed by atoms with E-state index in [-0.39, 0.29) is 22.8 Å². The molecule has 0 saturated heterocycles. The van der Waals surface area contributed by atoms with Crippen molar-refractivity contribution in [3.63, 3.8) is 0 Å². The summed E-state index contributed by atoms with van der Waals surface area (Å²) in [5.74, 6) is 3.37. The monoisotopic (exact) mass is 370 g/mol. The predicted molar refractivity (Wildman–Crippen MR) is 102 cm³/mol. The fourth-order valence-corrected chi connectivity index (χ4v) is 6.52. The first-order valence-corrected chi connectivity index (χ1v) is 10.2. The SMILES string of the molecule is CC(=O)OC1=CC2CCC3C(CC[C@]4(C)C(OC(C)=O)=CCC34)[C@@]2(C)C=C1. The summed E-state index contributed by atoms with van der Waals surface area (Å²) in [4.78, 5) is 22.8. The van der Waals surface area contributed by atoms with Crippen LogP contribution in [0.4, 0.5) is 0 Å². The van der Waals surface area contributed by atoms with Gasteiger partial charge < -0.3 is 9.47 Å². The van der Waals surface area contributed by atoms with Gasteiger partial charge in [0.2, 0.25) is 0 Å². The molecule has 0 aromatic carbocycles. The second-order valence-corrected chi connectivity index (χ2v) is 9.28. The van der Waals surface area contributed by atoms with Crippen LogP contribution in [0.2, 0.25) is 0 Å². The number of hydrogen-bond donors (Lipinski definition) is 0. The molecule has 0 aromatic rings. The average Bonchev–Trinajstić information content (AvgIpc) is 2.91. The van der Waals surface area contributed by atoms with Crippen molar-refractivity contribution in [2.75, 3.05) is 0 Å². The summed E-state index contributed by atoms with van der Waals surface area (Å²) in [5.41, 5.74) is 0.102. The van der Waals surface area contributed by atoms with Crippen molar-refractivity contribution < 1.29 is 19.1 Å². The maximum atomic E-state index is 11.5. The average molecular weight is 370 g/mol. The number of carbonyl (C=O) groups excluding carboxylic acids is 2. The normalized spacial score (nSPS) is 42.2. The highest BCUT2D eigenvalue weighted by Gasteiger charge is 2.58. The van der Waals surface area contributed by atoms with E-state index in [1.165, 1.54) is 20.3 Å². The van der Waals surface area contributed by atoms with Gasteiger partial charge in [0.25, 0.3) is 0 Å². The van der Waals surface area contributed by atoms with Crippen molar-refractivity contribution in [3.05, 3.63) is 35.8 Å². The Balaban J connectivity index is 1.57. The standard InChI is InChI=1S/C23H30O4/c1-14(24)26-17-9-11-22(3)16(13-17)5-6-18-19-7-8-21(27-15(2)25)23(19,4)12-10-20(18)22/h8-9,11,13,16,18-20H,5-7,10,12H2,1-4H3/t16?,18?,19?,20?,22-,23-/m0/s1. The van der Waals surface area contributed by atoms with Gasteiger partial charge in [0.05, 0.1) is 0 Å². The Morgan fingerprint density at radius 1 is 1.04 bits per heavy atom. The molecule has 4 unspecified atom stereocenters. The fraction of sp³-hybridized carbons (Fsp3) is 0.652. The molecule has 4 heteroatoms. The van der Waals surface area contributed by atoms with Crippen molar-refractivity contribution >= 4 is 11.9 Å². The molecule has 2 fully saturated rings. The van der Waals surface area contributed by atoms with Crippen LogP contribution < -0.4 is 0 Å². The second-order valence-electron chi connectivity index (χ2n) is 9.28. The smallest absolute Gasteiger partial charge is 0.308 e. The largest absolute Gasteiger partial charge is 0.431 e. The van der Waals surface area contributed by atoms with Gasteiger partial charge in [-0.1, -0.05) is 19.9 Å². The maximum Gasteiger partial charge on any atom is 0.308 e. The topological polar surface area (TPSA) is 52.6 Å². The van der Waals surface area contributed by atoms with Crippen LogP contribution in [-0.2, 0) is 19.1 Å². The zero-order valence-corrected chi connectivity index (χ0v) is 16.8. The van der Waals surface area contributed by atoms with Crippen molar-refractivity contribution in [2.45, 2.75) is 59.8 Å². The molecule has 0 spiro atoms. The van der Waals surface area contributed by atoms with Crippen molar-refractivity contribution in [1.29, 1.82) is 0 Å². The molecule has 27 heavy (non-hydrogen) atoms. The molecule has 0 heterocycles. The third kappa shape index (κ3) is 2.88. The van der Waals surface area contributed by atoms with E-state index >= 15 is 0 Å². The van der Waals surface area contributed by atoms with Crippen LogP contribution in [0, 0.1) is 34.5 Å². The lowest BCUT2D eigenvalue weighted by Crippen LogP contribution is -2.51. The number of rotatable bonds is 2. The van der Waals surface area contributed by atoms with Gasteiger partial charge in [-0.05, 0) is 79.4 Å². The molecular formula is C23H30O4. The van der Waals surface area contributed by atoms with Gasteiger partial charge in [0.15, 0.2) is 0 Å². The number of carbonyl (C=O) groups is 2. The zero-order valence-electron chi connectivity index (χ0n) is 16.8. The van der Waals surface area contributed by atoms with Crippen LogP contribution in [0.1, 0.15) is 59.8 Å². The van der Waals surface area contributed by atoms with E-state index in [4.69, 9.17) is 9.47 Å². The highest BCUT2D eigenvalue weighted by atomic mass is 16.5. The van der Waals surface area contributed by atoms with Crippen LogP contribution in [-0.4, -0.2) is 11.9 Å². The summed E-state index contributed by atoms with van der Waals surface area (Å²) in [6.07, 6.45) is 14.1. The minimum absolute atomic E-state index is 0.00679. The molecule has 0 aromatic heterocycles. The van der Waals surface area contributed by atoms with Gasteiger partial charge in [0, 0.05) is 19.3 Å². The van der Waals surface area contributed by atoms with Gasteiger partial charge in [0.1, 0.15) is 11.5 Å². The molecule has 4 rings (SSSR count). The molecule has 0 bridgehead atoms. The van der Waals surface area contributed by atoms with Gasteiger partial charge in [-0.2, -0.15) is 0 Å². The molecule has 0 aliphatic heterocycles. The molecule has 0 radical (unpaired) electrons. The summed E-state index contributed by atoms with van der Waals surface area (Å²) < 4.78 is 10.9. The molecule has 2 saturated carbocycles. The quantitative estimate of drug-likeness (QED) is 0.648. The molecule has 6 atom stereocenters. The second kappa shape index (κ2) is 6.35. The summed E-state index contributed by atoms with van der Waals surface area (Å²) in [5, 5.41) is 0. The van der Waals surface area contributed by atoms with E-state index in [1.54, 1.807) is 0 Å². The minimum Gasteiger partial charge on any atom is -0.431 e. The Morgan fingerprint density at radius 3 is 2.48 bits per heavy atom. The first-order valence-electron chi connectivity index (χ1n) is 10.2. The number of esters is 2. The van der Waals surface area contributed by atoms with Crippen LogP contribution in [0.15, 0.2) is 35.8 Å². The van der Waals surface area contributed by atoms with Crippen LogP contribution in [0.5, 0.6) is 0 Å². The van der Waals surface area contributed by atoms with Crippen LogP contribution >= 0.6 is 0 Å². The molecule has 4 aliphatic carbocycles. The molecule has 146 valence electrons. The van der Waals surface area contributed by atoms with E-state index in [9.17, 15) is 9.59 Å². The van der Waals surface area contributed by atoms with Gasteiger partial charge in [-0.15, -0.1) is 0 Å². The lowest BCUT2D eigenvalue weighted by atomic mass is 9.47. The lowest BCUT2D eigenvalue weighted by molar-refractivity contribution is -0.140. The Bertz CT molecular complexity index is 760. The Labute approximate surface area is 161 Å².